The number of rotatable bonds is 10. The molecule has 27 heavy (non-hydrogen) atoms. The molecule has 0 radical (unpaired) electrons. The normalized spacial score (nSPS) is 10.5. The molecule has 0 aliphatic rings. The average molecular weight is 372 g/mol. The van der Waals surface area contributed by atoms with Crippen LogP contribution in [0.2, 0.25) is 0 Å². The molecule has 0 bridgehead atoms. The average Bonchev–Trinajstić information content (AvgIpc) is 2.64. The number of aliphatic carboxylic acids is 1. The lowest BCUT2D eigenvalue weighted by Gasteiger charge is -2.16. The molecule has 0 aliphatic carbocycles. The van der Waals surface area contributed by atoms with E-state index in [1.807, 2.05) is 32.0 Å². The first-order valence-corrected chi connectivity index (χ1v) is 9.22. The Morgan fingerprint density at radius 3 is 2.33 bits per heavy atom. The lowest BCUT2D eigenvalue weighted by atomic mass is 10.1. The van der Waals surface area contributed by atoms with Crippen LogP contribution in [0, 0.1) is 20.8 Å². The second-order valence-corrected chi connectivity index (χ2v) is 6.46. The third-order valence-corrected chi connectivity index (χ3v) is 4.40. The second kappa shape index (κ2) is 9.86. The lowest BCUT2D eigenvalue weighted by Crippen LogP contribution is -2.11. The van der Waals surface area contributed by atoms with Crippen LogP contribution in [0.1, 0.15) is 35.6 Å². The van der Waals surface area contributed by atoms with Gasteiger partial charge in [0.25, 0.3) is 0 Å². The van der Waals surface area contributed by atoms with Crippen LogP contribution in [-0.2, 0) is 11.2 Å². The van der Waals surface area contributed by atoms with Crippen LogP contribution < -0.4 is 14.2 Å². The van der Waals surface area contributed by atoms with Gasteiger partial charge in [0.1, 0.15) is 19.0 Å². The van der Waals surface area contributed by atoms with E-state index in [9.17, 15) is 4.79 Å². The maximum atomic E-state index is 10.7. The molecule has 0 fully saturated rings. The van der Waals surface area contributed by atoms with E-state index in [1.165, 1.54) is 5.56 Å². The first-order chi connectivity index (χ1) is 12.9. The zero-order chi connectivity index (χ0) is 19.8. The molecule has 0 aliphatic heterocycles. The highest BCUT2D eigenvalue weighted by atomic mass is 16.5. The van der Waals surface area contributed by atoms with Crippen molar-refractivity contribution < 1.29 is 24.1 Å². The zero-order valence-corrected chi connectivity index (χ0v) is 16.5. The Morgan fingerprint density at radius 2 is 1.63 bits per heavy atom. The van der Waals surface area contributed by atoms with Crippen molar-refractivity contribution in [1.82, 2.24) is 0 Å². The first-order valence-electron chi connectivity index (χ1n) is 9.22. The molecule has 146 valence electrons. The summed E-state index contributed by atoms with van der Waals surface area (Å²) in [6.07, 6.45) is 0.555. The molecule has 0 saturated carbocycles. The fourth-order valence-corrected chi connectivity index (χ4v) is 2.79. The number of hydrogen-bond donors (Lipinski definition) is 1. The molecule has 0 saturated heterocycles. The van der Waals surface area contributed by atoms with Crippen molar-refractivity contribution in [1.29, 1.82) is 0 Å². The van der Waals surface area contributed by atoms with Gasteiger partial charge in [0.2, 0.25) is 0 Å². The number of carboxylic acids is 1. The standard InChI is InChI=1S/C22H28O5/c1-5-25-20-14-18(9-11-21(23)24)8-10-19(20)26-12-13-27-22-16(3)7-6-15(2)17(22)4/h6-8,10,14H,5,9,11-13H2,1-4H3,(H,23,24). The smallest absolute Gasteiger partial charge is 0.303 e. The van der Waals surface area contributed by atoms with Crippen LogP contribution in [-0.4, -0.2) is 30.9 Å². The van der Waals surface area contributed by atoms with Crippen LogP contribution in [0.3, 0.4) is 0 Å². The summed E-state index contributed by atoms with van der Waals surface area (Å²) in [5.74, 6) is 1.36. The fraction of sp³-hybridized carbons (Fsp3) is 0.409. The van der Waals surface area contributed by atoms with Crippen LogP contribution in [0.5, 0.6) is 17.2 Å². The van der Waals surface area contributed by atoms with Crippen molar-refractivity contribution in [3.63, 3.8) is 0 Å². The van der Waals surface area contributed by atoms with E-state index >= 15 is 0 Å². The Bertz CT molecular complexity index is 783. The van der Waals surface area contributed by atoms with E-state index in [1.54, 1.807) is 0 Å². The van der Waals surface area contributed by atoms with Gasteiger partial charge in [-0.15, -0.1) is 0 Å². The van der Waals surface area contributed by atoms with Gasteiger partial charge in [-0.25, -0.2) is 0 Å². The fourth-order valence-electron chi connectivity index (χ4n) is 2.79. The number of hydrogen-bond acceptors (Lipinski definition) is 4. The number of carboxylic acid groups (broad SMARTS) is 1. The summed E-state index contributed by atoms with van der Waals surface area (Å²) in [5, 5.41) is 8.83. The van der Waals surface area contributed by atoms with Crippen molar-refractivity contribution in [2.45, 2.75) is 40.5 Å². The van der Waals surface area contributed by atoms with Gasteiger partial charge in [-0.3, -0.25) is 4.79 Å². The Balaban J connectivity index is 1.96. The van der Waals surface area contributed by atoms with Gasteiger partial charge in [-0.2, -0.15) is 0 Å². The Labute approximate surface area is 160 Å². The summed E-state index contributed by atoms with van der Waals surface area (Å²) in [6.45, 7) is 9.39. The Kier molecular flexibility index (Phi) is 7.53. The van der Waals surface area contributed by atoms with Crippen molar-refractivity contribution in [2.75, 3.05) is 19.8 Å². The molecular weight excluding hydrogens is 344 g/mol. The van der Waals surface area contributed by atoms with Crippen molar-refractivity contribution >= 4 is 5.97 Å². The molecule has 5 nitrogen and oxygen atoms in total. The molecule has 2 aromatic rings. The number of benzene rings is 2. The topological polar surface area (TPSA) is 65.0 Å². The van der Waals surface area contributed by atoms with Gasteiger partial charge in [0.15, 0.2) is 11.5 Å². The monoisotopic (exact) mass is 372 g/mol. The molecule has 0 amide bonds. The summed E-state index contributed by atoms with van der Waals surface area (Å²) < 4.78 is 17.4. The maximum Gasteiger partial charge on any atom is 0.303 e. The van der Waals surface area contributed by atoms with Crippen LogP contribution in [0.4, 0.5) is 0 Å². The van der Waals surface area contributed by atoms with Gasteiger partial charge in [-0.1, -0.05) is 18.2 Å². The lowest BCUT2D eigenvalue weighted by molar-refractivity contribution is -0.136. The van der Waals surface area contributed by atoms with Gasteiger partial charge in [0, 0.05) is 6.42 Å². The molecule has 0 spiro atoms. The third-order valence-electron chi connectivity index (χ3n) is 4.40. The van der Waals surface area contributed by atoms with E-state index in [2.05, 4.69) is 26.0 Å². The summed E-state index contributed by atoms with van der Waals surface area (Å²) >= 11 is 0. The summed E-state index contributed by atoms with van der Waals surface area (Å²) in [6, 6.07) is 9.69. The van der Waals surface area contributed by atoms with E-state index in [4.69, 9.17) is 19.3 Å². The largest absolute Gasteiger partial charge is 0.490 e. The quantitative estimate of drug-likeness (QED) is 0.623. The summed E-state index contributed by atoms with van der Waals surface area (Å²) in [5.41, 5.74) is 4.37. The minimum Gasteiger partial charge on any atom is -0.490 e. The van der Waals surface area contributed by atoms with E-state index in [-0.39, 0.29) is 6.42 Å². The highest BCUT2D eigenvalue weighted by Crippen LogP contribution is 2.29. The minimum absolute atomic E-state index is 0.0921. The van der Waals surface area contributed by atoms with Crippen LogP contribution in [0.25, 0.3) is 0 Å². The summed E-state index contributed by atoms with van der Waals surface area (Å²) in [4.78, 5) is 10.7. The molecule has 0 heterocycles. The molecular formula is C22H28O5. The van der Waals surface area contributed by atoms with Crippen molar-refractivity contribution in [3.05, 3.63) is 52.6 Å². The van der Waals surface area contributed by atoms with Crippen molar-refractivity contribution in [2.24, 2.45) is 0 Å². The Morgan fingerprint density at radius 1 is 0.926 bits per heavy atom. The molecule has 0 atom stereocenters. The van der Waals surface area contributed by atoms with Gasteiger partial charge in [0.05, 0.1) is 6.61 Å². The third kappa shape index (κ3) is 5.91. The van der Waals surface area contributed by atoms with Gasteiger partial charge < -0.3 is 19.3 Å². The molecule has 2 aromatic carbocycles. The highest BCUT2D eigenvalue weighted by molar-refractivity contribution is 5.67. The molecule has 0 unspecified atom stereocenters. The van der Waals surface area contributed by atoms with Crippen molar-refractivity contribution in [3.8, 4) is 17.2 Å². The predicted molar refractivity (Wildman–Crippen MR) is 105 cm³/mol. The predicted octanol–water partition coefficient (Wildman–Crippen LogP) is 4.49. The zero-order valence-electron chi connectivity index (χ0n) is 16.5. The maximum absolute atomic E-state index is 10.7. The number of carbonyl (C=O) groups is 1. The first kappa shape index (κ1) is 20.6. The van der Waals surface area contributed by atoms with E-state index in [0.29, 0.717) is 37.7 Å². The SMILES string of the molecule is CCOc1cc(CCC(=O)O)ccc1OCCOc1c(C)ccc(C)c1C. The molecule has 5 heteroatoms. The number of ether oxygens (including phenoxy) is 3. The summed E-state index contributed by atoms with van der Waals surface area (Å²) in [7, 11) is 0. The van der Waals surface area contributed by atoms with E-state index in [0.717, 1.165) is 22.4 Å². The Hall–Kier alpha value is -2.69. The number of aryl methyl sites for hydroxylation is 3. The van der Waals surface area contributed by atoms with Gasteiger partial charge in [-0.05, 0) is 68.5 Å². The van der Waals surface area contributed by atoms with Crippen LogP contribution in [0.15, 0.2) is 30.3 Å². The molecule has 0 aromatic heterocycles. The molecule has 2 rings (SSSR count). The minimum atomic E-state index is -0.813. The van der Waals surface area contributed by atoms with Crippen LogP contribution >= 0.6 is 0 Å². The second-order valence-electron chi connectivity index (χ2n) is 6.46. The van der Waals surface area contributed by atoms with Gasteiger partial charge >= 0.3 is 5.97 Å². The highest BCUT2D eigenvalue weighted by Gasteiger charge is 2.09. The molecule has 1 N–H and O–H groups in total. The van der Waals surface area contributed by atoms with E-state index < -0.39 is 5.97 Å².